The van der Waals surface area contributed by atoms with Gasteiger partial charge in [-0.3, -0.25) is 0 Å². The summed E-state index contributed by atoms with van der Waals surface area (Å²) in [6.07, 6.45) is 8.23. The molecule has 1 aliphatic carbocycles. The van der Waals surface area contributed by atoms with Crippen molar-refractivity contribution in [1.82, 2.24) is 5.32 Å². The van der Waals surface area contributed by atoms with E-state index in [1.54, 1.807) is 0 Å². The van der Waals surface area contributed by atoms with Crippen LogP contribution in [0.1, 0.15) is 56.6 Å². The Balaban J connectivity index is 1.84. The van der Waals surface area contributed by atoms with Crippen LogP contribution in [0.4, 0.5) is 0 Å². The minimum Gasteiger partial charge on any atom is -0.374 e. The van der Waals surface area contributed by atoms with Gasteiger partial charge < -0.3 is 10.1 Å². The molecule has 2 heteroatoms. The van der Waals surface area contributed by atoms with E-state index < -0.39 is 0 Å². The molecule has 2 rings (SSSR count). The molecule has 0 radical (unpaired) electrons. The van der Waals surface area contributed by atoms with Crippen LogP contribution in [0.15, 0.2) is 24.3 Å². The highest BCUT2D eigenvalue weighted by Crippen LogP contribution is 2.22. The summed E-state index contributed by atoms with van der Waals surface area (Å²) in [5, 5.41) is 3.47. The summed E-state index contributed by atoms with van der Waals surface area (Å²) in [5.41, 5.74) is 2.73. The topological polar surface area (TPSA) is 21.3 Å². The van der Waals surface area contributed by atoms with E-state index in [0.717, 1.165) is 19.7 Å². The van der Waals surface area contributed by atoms with Crippen LogP contribution in [0.3, 0.4) is 0 Å². The molecule has 0 heterocycles. The molecule has 0 unspecified atom stereocenters. The second kappa shape index (κ2) is 8.34. The van der Waals surface area contributed by atoms with Gasteiger partial charge in [0.2, 0.25) is 0 Å². The van der Waals surface area contributed by atoms with Gasteiger partial charge in [0.1, 0.15) is 0 Å². The van der Waals surface area contributed by atoms with Crippen LogP contribution in [0.2, 0.25) is 0 Å². The molecule has 1 aromatic rings. The molecule has 0 saturated heterocycles. The number of hydrogen-bond donors (Lipinski definition) is 1. The Kier molecular flexibility index (Phi) is 6.38. The van der Waals surface area contributed by atoms with Gasteiger partial charge >= 0.3 is 0 Å². The summed E-state index contributed by atoms with van der Waals surface area (Å²) in [4.78, 5) is 0. The fourth-order valence-corrected chi connectivity index (χ4v) is 2.71. The normalized spacial score (nSPS) is 16.7. The summed E-state index contributed by atoms with van der Waals surface area (Å²) in [6, 6.07) is 8.64. The summed E-state index contributed by atoms with van der Waals surface area (Å²) in [7, 11) is 0. The third-order valence-electron chi connectivity index (χ3n) is 3.89. The van der Waals surface area contributed by atoms with Crippen molar-refractivity contribution in [3.05, 3.63) is 35.4 Å². The highest BCUT2D eigenvalue weighted by Gasteiger charge is 2.14. The van der Waals surface area contributed by atoms with Crippen LogP contribution in [-0.4, -0.2) is 12.6 Å². The maximum atomic E-state index is 6.09. The van der Waals surface area contributed by atoms with Gasteiger partial charge in [0.25, 0.3) is 0 Å². The van der Waals surface area contributed by atoms with Crippen molar-refractivity contribution < 1.29 is 4.74 Å². The van der Waals surface area contributed by atoms with Crippen LogP contribution in [-0.2, 0) is 17.9 Å². The first-order valence-electron chi connectivity index (χ1n) is 7.79. The Bertz CT molecular complexity index is 358. The average Bonchev–Trinajstić information content (AvgIpc) is 2.48. The van der Waals surface area contributed by atoms with Crippen LogP contribution in [0, 0.1) is 0 Å². The molecule has 0 spiro atoms. The van der Waals surface area contributed by atoms with Crippen molar-refractivity contribution in [2.24, 2.45) is 0 Å². The van der Waals surface area contributed by atoms with Crippen LogP contribution in [0.25, 0.3) is 0 Å². The third kappa shape index (κ3) is 4.96. The van der Waals surface area contributed by atoms with E-state index in [-0.39, 0.29) is 0 Å². The Morgan fingerprint density at radius 2 is 1.84 bits per heavy atom. The average molecular weight is 261 g/mol. The number of nitrogens with one attached hydrogen (secondary N) is 1. The highest BCUT2D eigenvalue weighted by atomic mass is 16.5. The predicted octanol–water partition coefficient (Wildman–Crippen LogP) is 4.04. The summed E-state index contributed by atoms with van der Waals surface area (Å²) >= 11 is 0. The number of rotatable bonds is 7. The summed E-state index contributed by atoms with van der Waals surface area (Å²) < 4.78 is 6.09. The molecule has 1 saturated carbocycles. The van der Waals surface area contributed by atoms with Crippen LogP contribution >= 0.6 is 0 Å². The second-order valence-electron chi connectivity index (χ2n) is 5.52. The van der Waals surface area contributed by atoms with Gasteiger partial charge in [0.15, 0.2) is 0 Å². The third-order valence-corrected chi connectivity index (χ3v) is 3.89. The van der Waals surface area contributed by atoms with Gasteiger partial charge in [-0.25, -0.2) is 0 Å². The molecule has 0 aliphatic heterocycles. The van der Waals surface area contributed by atoms with Crippen molar-refractivity contribution >= 4 is 0 Å². The van der Waals surface area contributed by atoms with E-state index in [2.05, 4.69) is 36.5 Å². The zero-order valence-electron chi connectivity index (χ0n) is 12.2. The largest absolute Gasteiger partial charge is 0.374 e. The lowest BCUT2D eigenvalue weighted by molar-refractivity contribution is 0.0165. The van der Waals surface area contributed by atoms with E-state index in [9.17, 15) is 0 Å². The lowest BCUT2D eigenvalue weighted by atomic mass is 9.98. The standard InChI is InChI=1S/C17H27NO/c1-2-12-18-13-15-8-6-7-9-16(15)14-19-17-10-4-3-5-11-17/h6-9,17-18H,2-5,10-14H2,1H3. The molecular weight excluding hydrogens is 234 g/mol. The maximum absolute atomic E-state index is 6.09. The van der Waals surface area contributed by atoms with E-state index in [1.165, 1.54) is 49.7 Å². The first-order valence-corrected chi connectivity index (χ1v) is 7.79. The SMILES string of the molecule is CCCNCc1ccccc1COC1CCCCC1. The molecule has 1 aromatic carbocycles. The molecule has 0 atom stereocenters. The van der Waals surface area contributed by atoms with Crippen molar-refractivity contribution in [2.75, 3.05) is 6.54 Å². The fraction of sp³-hybridized carbons (Fsp3) is 0.647. The zero-order chi connectivity index (χ0) is 13.3. The van der Waals surface area contributed by atoms with E-state index in [1.807, 2.05) is 0 Å². The van der Waals surface area contributed by atoms with Gasteiger partial charge in [-0.15, -0.1) is 0 Å². The van der Waals surface area contributed by atoms with Gasteiger partial charge in [-0.05, 0) is 36.9 Å². The zero-order valence-corrected chi connectivity index (χ0v) is 12.2. The Labute approximate surface area is 117 Å². The van der Waals surface area contributed by atoms with Crippen LogP contribution in [0.5, 0.6) is 0 Å². The van der Waals surface area contributed by atoms with Gasteiger partial charge in [-0.1, -0.05) is 50.5 Å². The van der Waals surface area contributed by atoms with E-state index in [4.69, 9.17) is 4.74 Å². The first-order chi connectivity index (χ1) is 9.40. The smallest absolute Gasteiger partial charge is 0.0723 e. The molecule has 106 valence electrons. The van der Waals surface area contributed by atoms with Crippen LogP contribution < -0.4 is 5.32 Å². The van der Waals surface area contributed by atoms with Crippen molar-refractivity contribution in [2.45, 2.75) is 64.7 Å². The quantitative estimate of drug-likeness (QED) is 0.748. The molecule has 1 N–H and O–H groups in total. The molecule has 2 nitrogen and oxygen atoms in total. The maximum Gasteiger partial charge on any atom is 0.0723 e. The number of ether oxygens (including phenoxy) is 1. The number of hydrogen-bond acceptors (Lipinski definition) is 2. The van der Waals surface area contributed by atoms with E-state index in [0.29, 0.717) is 6.10 Å². The molecular formula is C17H27NO. The molecule has 19 heavy (non-hydrogen) atoms. The first kappa shape index (κ1) is 14.5. The van der Waals surface area contributed by atoms with Gasteiger partial charge in [-0.2, -0.15) is 0 Å². The summed E-state index contributed by atoms with van der Waals surface area (Å²) in [5.74, 6) is 0. The molecule has 1 aliphatic rings. The van der Waals surface area contributed by atoms with E-state index >= 15 is 0 Å². The lowest BCUT2D eigenvalue weighted by Gasteiger charge is -2.22. The van der Waals surface area contributed by atoms with Gasteiger partial charge in [0, 0.05) is 6.54 Å². The molecule has 0 aromatic heterocycles. The monoisotopic (exact) mass is 261 g/mol. The summed E-state index contributed by atoms with van der Waals surface area (Å²) in [6.45, 7) is 5.01. The minimum absolute atomic E-state index is 0.491. The van der Waals surface area contributed by atoms with Crippen molar-refractivity contribution in [1.29, 1.82) is 0 Å². The van der Waals surface area contributed by atoms with Crippen molar-refractivity contribution in [3.63, 3.8) is 0 Å². The van der Waals surface area contributed by atoms with Gasteiger partial charge in [0.05, 0.1) is 12.7 Å². The molecule has 0 amide bonds. The van der Waals surface area contributed by atoms with Crippen molar-refractivity contribution in [3.8, 4) is 0 Å². The molecule has 1 fully saturated rings. The molecule has 0 bridgehead atoms. The lowest BCUT2D eigenvalue weighted by Crippen LogP contribution is -2.18. The Hall–Kier alpha value is -0.860. The number of benzene rings is 1. The highest BCUT2D eigenvalue weighted by molar-refractivity contribution is 5.26. The second-order valence-corrected chi connectivity index (χ2v) is 5.52. The Morgan fingerprint density at radius 3 is 2.58 bits per heavy atom. The minimum atomic E-state index is 0.491. The fourth-order valence-electron chi connectivity index (χ4n) is 2.71. The predicted molar refractivity (Wildman–Crippen MR) is 80.1 cm³/mol. The Morgan fingerprint density at radius 1 is 1.11 bits per heavy atom.